The number of carbonyl (C=O) groups is 2. The molecule has 1 amide bonds. The third-order valence-corrected chi connectivity index (χ3v) is 8.65. The summed E-state index contributed by atoms with van der Waals surface area (Å²) in [5, 5.41) is 13.4. The number of nitrogens with one attached hydrogen (secondary N) is 1. The van der Waals surface area contributed by atoms with E-state index in [0.29, 0.717) is 27.0 Å². The monoisotopic (exact) mass is 533 g/mol. The van der Waals surface area contributed by atoms with E-state index in [1.54, 1.807) is 15.9 Å². The molecular weight excluding hydrogens is 506 g/mol. The van der Waals surface area contributed by atoms with E-state index in [4.69, 9.17) is 4.98 Å². The van der Waals surface area contributed by atoms with Gasteiger partial charge in [-0.05, 0) is 48.4 Å². The Hall–Kier alpha value is -3.43. The summed E-state index contributed by atoms with van der Waals surface area (Å²) < 4.78 is 1.57. The number of thiophene rings is 1. The second-order valence-electron chi connectivity index (χ2n) is 9.34. The summed E-state index contributed by atoms with van der Waals surface area (Å²) in [7, 11) is 0. The lowest BCUT2D eigenvalue weighted by atomic mass is 9.89. The SMILES string of the molecule is C[C@@H]1CCc2c(sc3nc(SCC(=O)N[C@H](Cc4ccccc4)C(=O)O)n(-c4ccccc4)c(=O)c23)C1. The predicted molar refractivity (Wildman–Crippen MR) is 147 cm³/mol. The first-order valence-electron chi connectivity index (χ1n) is 12.2. The second-order valence-corrected chi connectivity index (χ2v) is 11.4. The maximum Gasteiger partial charge on any atom is 0.326 e. The molecule has 4 aromatic rings. The molecule has 9 heteroatoms. The van der Waals surface area contributed by atoms with E-state index < -0.39 is 17.9 Å². The van der Waals surface area contributed by atoms with Crippen LogP contribution in [0.5, 0.6) is 0 Å². The number of carboxylic acid groups (broad SMARTS) is 1. The fourth-order valence-electron chi connectivity index (χ4n) is 4.69. The summed E-state index contributed by atoms with van der Waals surface area (Å²) in [4.78, 5) is 45.2. The van der Waals surface area contributed by atoms with Crippen molar-refractivity contribution in [1.82, 2.24) is 14.9 Å². The number of amides is 1. The number of hydrogen-bond donors (Lipinski definition) is 2. The van der Waals surface area contributed by atoms with Crippen molar-refractivity contribution in [3.63, 3.8) is 0 Å². The van der Waals surface area contributed by atoms with Crippen molar-refractivity contribution in [3.8, 4) is 5.69 Å². The number of benzene rings is 2. The normalized spacial score (nSPS) is 15.8. The lowest BCUT2D eigenvalue weighted by Crippen LogP contribution is -2.43. The lowest BCUT2D eigenvalue weighted by molar-refractivity contribution is -0.141. The number of aromatic nitrogens is 2. The van der Waals surface area contributed by atoms with Gasteiger partial charge >= 0.3 is 5.97 Å². The van der Waals surface area contributed by atoms with Crippen LogP contribution >= 0.6 is 23.1 Å². The Morgan fingerprint density at radius 1 is 1.16 bits per heavy atom. The zero-order valence-electron chi connectivity index (χ0n) is 20.3. The first-order valence-corrected chi connectivity index (χ1v) is 14.0. The highest BCUT2D eigenvalue weighted by molar-refractivity contribution is 7.99. The highest BCUT2D eigenvalue weighted by atomic mass is 32.2. The summed E-state index contributed by atoms with van der Waals surface area (Å²) in [6.07, 6.45) is 3.05. The molecule has 1 aliphatic carbocycles. The van der Waals surface area contributed by atoms with Gasteiger partial charge in [-0.15, -0.1) is 11.3 Å². The molecular formula is C28H27N3O4S2. The van der Waals surface area contributed by atoms with Crippen molar-refractivity contribution >= 4 is 45.2 Å². The second kappa shape index (κ2) is 10.9. The van der Waals surface area contributed by atoms with Crippen molar-refractivity contribution in [3.05, 3.63) is 87.0 Å². The molecule has 0 spiro atoms. The molecule has 2 N–H and O–H groups in total. The topological polar surface area (TPSA) is 101 Å². The van der Waals surface area contributed by atoms with Crippen molar-refractivity contribution in [2.24, 2.45) is 5.92 Å². The minimum atomic E-state index is -1.10. The van der Waals surface area contributed by atoms with Crippen molar-refractivity contribution in [2.75, 3.05) is 5.75 Å². The van der Waals surface area contributed by atoms with E-state index >= 15 is 0 Å². The van der Waals surface area contributed by atoms with Crippen LogP contribution in [0.4, 0.5) is 0 Å². The molecule has 7 nitrogen and oxygen atoms in total. The van der Waals surface area contributed by atoms with E-state index in [9.17, 15) is 19.5 Å². The molecule has 37 heavy (non-hydrogen) atoms. The van der Waals surface area contributed by atoms with Crippen LogP contribution in [-0.4, -0.2) is 38.3 Å². The van der Waals surface area contributed by atoms with Crippen LogP contribution in [0.2, 0.25) is 0 Å². The fraction of sp³-hybridized carbons (Fsp3) is 0.286. The third kappa shape index (κ3) is 5.47. The van der Waals surface area contributed by atoms with Gasteiger partial charge in [0.1, 0.15) is 10.9 Å². The summed E-state index contributed by atoms with van der Waals surface area (Å²) in [5.74, 6) is -1.01. The van der Waals surface area contributed by atoms with E-state index in [2.05, 4.69) is 12.2 Å². The molecule has 0 saturated carbocycles. The Morgan fingerprint density at radius 2 is 1.86 bits per heavy atom. The van der Waals surface area contributed by atoms with E-state index in [1.807, 2.05) is 60.7 Å². The van der Waals surface area contributed by atoms with Gasteiger partial charge < -0.3 is 10.4 Å². The quantitative estimate of drug-likeness (QED) is 0.256. The molecule has 2 atom stereocenters. The Morgan fingerprint density at radius 3 is 2.57 bits per heavy atom. The predicted octanol–water partition coefficient (Wildman–Crippen LogP) is 4.48. The van der Waals surface area contributed by atoms with Gasteiger partial charge in [0.25, 0.3) is 5.56 Å². The smallest absolute Gasteiger partial charge is 0.326 e. The zero-order valence-corrected chi connectivity index (χ0v) is 22.0. The van der Waals surface area contributed by atoms with Crippen LogP contribution in [0, 0.1) is 5.92 Å². The van der Waals surface area contributed by atoms with Gasteiger partial charge in [-0.1, -0.05) is 67.2 Å². The fourth-order valence-corrected chi connectivity index (χ4v) is 6.94. The maximum absolute atomic E-state index is 13.8. The van der Waals surface area contributed by atoms with Crippen molar-refractivity contribution < 1.29 is 14.7 Å². The summed E-state index contributed by atoms with van der Waals surface area (Å²) in [6, 6.07) is 17.4. The van der Waals surface area contributed by atoms with Crippen molar-refractivity contribution in [1.29, 1.82) is 0 Å². The number of para-hydroxylation sites is 1. The maximum atomic E-state index is 13.8. The summed E-state index contributed by atoms with van der Waals surface area (Å²) in [5.41, 5.74) is 2.49. The zero-order chi connectivity index (χ0) is 25.9. The molecule has 2 aromatic heterocycles. The molecule has 0 bridgehead atoms. The Kier molecular flexibility index (Phi) is 7.43. The van der Waals surface area contributed by atoms with Gasteiger partial charge in [-0.2, -0.15) is 0 Å². The minimum Gasteiger partial charge on any atom is -0.480 e. The molecule has 5 rings (SSSR count). The number of aryl methyl sites for hydroxylation is 1. The van der Waals surface area contributed by atoms with Crippen LogP contribution in [0.15, 0.2) is 70.6 Å². The van der Waals surface area contributed by atoms with Crippen molar-refractivity contribution in [2.45, 2.75) is 43.8 Å². The number of carbonyl (C=O) groups excluding carboxylic acids is 1. The Bertz CT molecular complexity index is 1500. The molecule has 2 aromatic carbocycles. The summed E-state index contributed by atoms with van der Waals surface area (Å²) >= 11 is 2.71. The third-order valence-electron chi connectivity index (χ3n) is 6.56. The van der Waals surface area contributed by atoms with Gasteiger partial charge in [0.05, 0.1) is 16.8 Å². The first-order chi connectivity index (χ1) is 17.9. The summed E-state index contributed by atoms with van der Waals surface area (Å²) in [6.45, 7) is 2.23. The van der Waals surface area contributed by atoms with E-state index in [-0.39, 0.29) is 17.7 Å². The number of fused-ring (bicyclic) bond motifs is 3. The number of rotatable bonds is 8. The highest BCUT2D eigenvalue weighted by Crippen LogP contribution is 2.37. The average molecular weight is 534 g/mol. The van der Waals surface area contributed by atoms with Crippen LogP contribution in [0.1, 0.15) is 29.3 Å². The number of aliphatic carboxylic acids is 1. The van der Waals surface area contributed by atoms with Gasteiger partial charge in [-0.25, -0.2) is 9.78 Å². The molecule has 1 aliphatic rings. The van der Waals surface area contributed by atoms with E-state index in [1.165, 1.54) is 4.88 Å². The van der Waals surface area contributed by atoms with Crippen LogP contribution < -0.4 is 10.9 Å². The van der Waals surface area contributed by atoms with Gasteiger partial charge in [0.2, 0.25) is 5.91 Å². The standard InChI is InChI=1S/C28H27N3O4S2/c1-17-12-13-20-22(14-17)37-25-24(20)26(33)31(19-10-6-3-7-11-19)28(30-25)36-16-23(32)29-21(27(34)35)15-18-8-4-2-5-9-18/h2-11,17,21H,12-16H2,1H3,(H,29,32)(H,34,35)/t17-,21-/m1/s1. The lowest BCUT2D eigenvalue weighted by Gasteiger charge is -2.18. The molecule has 0 radical (unpaired) electrons. The minimum absolute atomic E-state index is 0.0640. The van der Waals surface area contributed by atoms with Crippen LogP contribution in [-0.2, 0) is 28.9 Å². The number of carboxylic acids is 1. The number of thioether (sulfide) groups is 1. The number of hydrogen-bond acceptors (Lipinski definition) is 6. The largest absolute Gasteiger partial charge is 0.480 e. The van der Waals surface area contributed by atoms with Gasteiger partial charge in [0, 0.05) is 11.3 Å². The first kappa shape index (κ1) is 25.2. The molecule has 0 aliphatic heterocycles. The molecule has 0 saturated heterocycles. The number of nitrogens with zero attached hydrogens (tertiary/aromatic N) is 2. The Labute approximate surface area is 222 Å². The van der Waals surface area contributed by atoms with Crippen LogP contribution in [0.3, 0.4) is 0 Å². The average Bonchev–Trinajstić information content (AvgIpc) is 3.25. The van der Waals surface area contributed by atoms with Gasteiger partial charge in [-0.3, -0.25) is 14.2 Å². The molecule has 0 fully saturated rings. The van der Waals surface area contributed by atoms with Gasteiger partial charge in [0.15, 0.2) is 5.16 Å². The Balaban J connectivity index is 1.43. The van der Waals surface area contributed by atoms with Crippen LogP contribution in [0.25, 0.3) is 15.9 Å². The molecule has 2 heterocycles. The molecule has 0 unspecified atom stereocenters. The highest BCUT2D eigenvalue weighted by Gasteiger charge is 2.26. The van der Waals surface area contributed by atoms with E-state index in [0.717, 1.165) is 42.2 Å². The molecule has 190 valence electrons.